The number of carbonyl (C=O) groups is 1. The van der Waals surface area contributed by atoms with Gasteiger partial charge in [-0.3, -0.25) is 4.79 Å². The molecule has 0 spiro atoms. The Hall–Kier alpha value is -3.42. The zero-order valence-corrected chi connectivity index (χ0v) is 17.1. The van der Waals surface area contributed by atoms with Crippen molar-refractivity contribution in [3.63, 3.8) is 0 Å². The van der Waals surface area contributed by atoms with E-state index in [1.54, 1.807) is 0 Å². The molecule has 3 N–H and O–H groups in total. The summed E-state index contributed by atoms with van der Waals surface area (Å²) in [4.78, 5) is 19.4. The first-order valence-corrected chi connectivity index (χ1v) is 9.79. The second-order valence-electron chi connectivity index (χ2n) is 7.67. The topological polar surface area (TPSA) is 80.9 Å². The lowest BCUT2D eigenvalue weighted by Crippen LogP contribution is -2.16. The maximum Gasteiger partial charge on any atom is 0.416 e. The van der Waals surface area contributed by atoms with Gasteiger partial charge in [0.25, 0.3) is 5.91 Å². The monoisotopic (exact) mass is 428 g/mol. The Morgan fingerprint density at radius 1 is 0.968 bits per heavy atom. The van der Waals surface area contributed by atoms with E-state index in [-0.39, 0.29) is 11.7 Å². The summed E-state index contributed by atoms with van der Waals surface area (Å²) in [5, 5.41) is 3.33. The Balaban J connectivity index is 1.79. The first-order valence-electron chi connectivity index (χ1n) is 9.79. The number of alkyl halides is 3. The van der Waals surface area contributed by atoms with Crippen LogP contribution >= 0.6 is 0 Å². The van der Waals surface area contributed by atoms with E-state index in [2.05, 4.69) is 29.1 Å². The van der Waals surface area contributed by atoms with Crippen molar-refractivity contribution in [2.75, 3.05) is 5.32 Å². The van der Waals surface area contributed by atoms with Crippen molar-refractivity contribution < 1.29 is 18.0 Å². The second kappa shape index (κ2) is 9.16. The number of nitrogens with zero attached hydrogens (tertiary/aromatic N) is 2. The van der Waals surface area contributed by atoms with Gasteiger partial charge in [0.15, 0.2) is 0 Å². The molecule has 8 heteroatoms. The lowest BCUT2D eigenvalue weighted by atomic mass is 9.95. The fraction of sp³-hybridized carbons (Fsp3) is 0.261. The lowest BCUT2D eigenvalue weighted by Gasteiger charge is -2.22. The highest BCUT2D eigenvalue weighted by Crippen LogP contribution is 2.32. The van der Waals surface area contributed by atoms with Crippen LogP contribution in [-0.4, -0.2) is 15.9 Å². The van der Waals surface area contributed by atoms with Gasteiger partial charge in [-0.2, -0.15) is 13.2 Å². The number of primary amides is 1. The summed E-state index contributed by atoms with van der Waals surface area (Å²) in [5.41, 5.74) is 7.16. The molecule has 5 nitrogen and oxygen atoms in total. The molecular formula is C23H23F3N4O. The number of benzene rings is 2. The Labute approximate surface area is 178 Å². The highest BCUT2D eigenvalue weighted by Gasteiger charge is 2.30. The van der Waals surface area contributed by atoms with E-state index >= 15 is 0 Å². The SMILES string of the molecule is CC(C)CC(Nc1cnc(C(N)=O)cn1)c1ccc(-c2ccc(C(F)(F)F)cc2)cc1. The van der Waals surface area contributed by atoms with Crippen LogP contribution in [0.4, 0.5) is 19.0 Å². The number of amides is 1. The molecule has 0 saturated carbocycles. The van der Waals surface area contributed by atoms with Gasteiger partial charge >= 0.3 is 6.18 Å². The summed E-state index contributed by atoms with van der Waals surface area (Å²) in [6.45, 7) is 4.21. The smallest absolute Gasteiger partial charge is 0.364 e. The third kappa shape index (κ3) is 5.81. The molecule has 0 aliphatic heterocycles. The molecule has 1 atom stereocenters. The van der Waals surface area contributed by atoms with E-state index in [4.69, 9.17) is 5.73 Å². The Bertz CT molecular complexity index is 1010. The van der Waals surface area contributed by atoms with Gasteiger partial charge in [-0.15, -0.1) is 0 Å². The van der Waals surface area contributed by atoms with Crippen molar-refractivity contribution in [2.24, 2.45) is 11.7 Å². The number of hydrogen-bond donors (Lipinski definition) is 2. The van der Waals surface area contributed by atoms with E-state index in [1.807, 2.05) is 24.3 Å². The largest absolute Gasteiger partial charge is 0.416 e. The van der Waals surface area contributed by atoms with Crippen molar-refractivity contribution in [1.82, 2.24) is 9.97 Å². The zero-order chi connectivity index (χ0) is 22.6. The summed E-state index contributed by atoms with van der Waals surface area (Å²) in [7, 11) is 0. The van der Waals surface area contributed by atoms with Gasteiger partial charge in [-0.05, 0) is 41.2 Å². The molecule has 0 fully saturated rings. The van der Waals surface area contributed by atoms with Crippen LogP contribution in [0.3, 0.4) is 0 Å². The number of nitrogens with one attached hydrogen (secondary N) is 1. The van der Waals surface area contributed by atoms with Crippen LogP contribution in [0.15, 0.2) is 60.9 Å². The van der Waals surface area contributed by atoms with Crippen molar-refractivity contribution in [3.8, 4) is 11.1 Å². The average Bonchev–Trinajstić information content (AvgIpc) is 2.73. The van der Waals surface area contributed by atoms with Gasteiger partial charge in [0.1, 0.15) is 11.5 Å². The molecule has 1 aromatic heterocycles. The van der Waals surface area contributed by atoms with Gasteiger partial charge in [0, 0.05) is 0 Å². The maximum atomic E-state index is 12.8. The first-order chi connectivity index (χ1) is 14.6. The van der Waals surface area contributed by atoms with E-state index < -0.39 is 17.6 Å². The summed E-state index contributed by atoms with van der Waals surface area (Å²) >= 11 is 0. The minimum atomic E-state index is -4.35. The minimum Gasteiger partial charge on any atom is -0.364 e. The molecular weight excluding hydrogens is 405 g/mol. The molecule has 31 heavy (non-hydrogen) atoms. The number of aromatic nitrogens is 2. The fourth-order valence-corrected chi connectivity index (χ4v) is 3.22. The molecule has 3 rings (SSSR count). The van der Waals surface area contributed by atoms with E-state index in [1.165, 1.54) is 24.5 Å². The van der Waals surface area contributed by atoms with Gasteiger partial charge in [0.05, 0.1) is 24.0 Å². The van der Waals surface area contributed by atoms with Crippen LogP contribution in [-0.2, 0) is 6.18 Å². The molecule has 1 unspecified atom stereocenters. The summed E-state index contributed by atoms with van der Waals surface area (Å²) < 4.78 is 38.3. The van der Waals surface area contributed by atoms with Crippen LogP contribution < -0.4 is 11.1 Å². The number of carbonyl (C=O) groups excluding carboxylic acids is 1. The van der Waals surface area contributed by atoms with Crippen molar-refractivity contribution >= 4 is 11.7 Å². The normalized spacial score (nSPS) is 12.6. The average molecular weight is 428 g/mol. The molecule has 0 bridgehead atoms. The van der Waals surface area contributed by atoms with E-state index in [0.717, 1.165) is 29.7 Å². The first kappa shape index (κ1) is 22.3. The van der Waals surface area contributed by atoms with Crippen LogP contribution in [0.25, 0.3) is 11.1 Å². The fourth-order valence-electron chi connectivity index (χ4n) is 3.22. The second-order valence-corrected chi connectivity index (χ2v) is 7.67. The molecule has 0 aliphatic rings. The maximum absolute atomic E-state index is 12.8. The van der Waals surface area contributed by atoms with Crippen LogP contribution in [0, 0.1) is 5.92 Å². The third-order valence-electron chi connectivity index (χ3n) is 4.79. The van der Waals surface area contributed by atoms with Gasteiger partial charge in [-0.25, -0.2) is 9.97 Å². The predicted molar refractivity (Wildman–Crippen MR) is 113 cm³/mol. The number of hydrogen-bond acceptors (Lipinski definition) is 4. The number of halogens is 3. The van der Waals surface area contributed by atoms with Gasteiger partial charge in [-0.1, -0.05) is 50.2 Å². The summed E-state index contributed by atoms with van der Waals surface area (Å²) in [6.07, 6.45) is -0.746. The van der Waals surface area contributed by atoms with E-state index in [9.17, 15) is 18.0 Å². The molecule has 0 saturated heterocycles. The van der Waals surface area contributed by atoms with Crippen molar-refractivity contribution in [2.45, 2.75) is 32.5 Å². The van der Waals surface area contributed by atoms with Gasteiger partial charge in [0.2, 0.25) is 0 Å². The third-order valence-corrected chi connectivity index (χ3v) is 4.79. The van der Waals surface area contributed by atoms with Crippen molar-refractivity contribution in [1.29, 1.82) is 0 Å². The quantitative estimate of drug-likeness (QED) is 0.524. The standard InChI is InChI=1S/C23H23F3N4O/c1-14(2)11-19(30-21-13-28-20(12-29-21)22(27)31)17-5-3-15(4-6-17)16-7-9-18(10-8-16)23(24,25)26/h3-10,12-14,19H,11H2,1-2H3,(H2,27,31)(H,29,30). The highest BCUT2D eigenvalue weighted by atomic mass is 19.4. The molecule has 162 valence electrons. The number of nitrogens with two attached hydrogens (primary N) is 1. The number of anilines is 1. The Kier molecular flexibility index (Phi) is 6.58. The molecule has 0 aliphatic carbocycles. The molecule has 1 heterocycles. The summed E-state index contributed by atoms with van der Waals surface area (Å²) in [6, 6.07) is 12.7. The van der Waals surface area contributed by atoms with Crippen LogP contribution in [0.5, 0.6) is 0 Å². The molecule has 0 radical (unpaired) electrons. The van der Waals surface area contributed by atoms with Gasteiger partial charge < -0.3 is 11.1 Å². The summed E-state index contributed by atoms with van der Waals surface area (Å²) in [5.74, 6) is 0.268. The molecule has 1 amide bonds. The van der Waals surface area contributed by atoms with E-state index in [0.29, 0.717) is 17.3 Å². The van der Waals surface area contributed by atoms with Crippen molar-refractivity contribution in [3.05, 3.63) is 77.7 Å². The molecule has 3 aromatic rings. The minimum absolute atomic E-state index is 0.0598. The van der Waals surface area contributed by atoms with Crippen LogP contribution in [0.1, 0.15) is 47.9 Å². The predicted octanol–water partition coefficient (Wildman–Crippen LogP) is 5.46. The Morgan fingerprint density at radius 2 is 1.55 bits per heavy atom. The lowest BCUT2D eigenvalue weighted by molar-refractivity contribution is -0.137. The zero-order valence-electron chi connectivity index (χ0n) is 17.1. The highest BCUT2D eigenvalue weighted by molar-refractivity contribution is 5.90. The molecule has 2 aromatic carbocycles. The Morgan fingerprint density at radius 3 is 2.00 bits per heavy atom. The van der Waals surface area contributed by atoms with Crippen LogP contribution in [0.2, 0.25) is 0 Å². The number of rotatable bonds is 7.